The number of carbonyl (C=O) groups is 1. The standard InChI is InChI=1S/C27H27N3O3S2/c1-2-17-30-24-16-13-20-9-5-6-10-23(20)25(24)34-27(30)28-26(31)21-11-14-22(15-12-21)35(32,33)29-18-7-3-4-8-19-29/h2,5-6,9-16H,1,3-4,7-8,17-19H2. The highest BCUT2D eigenvalue weighted by molar-refractivity contribution is 7.89. The first-order valence-corrected chi connectivity index (χ1v) is 14.1. The monoisotopic (exact) mass is 505 g/mol. The number of sulfonamides is 1. The van der Waals surface area contributed by atoms with Gasteiger partial charge in [0, 0.05) is 30.6 Å². The zero-order valence-corrected chi connectivity index (χ0v) is 21.0. The number of hydrogen-bond donors (Lipinski definition) is 0. The predicted octanol–water partition coefficient (Wildman–Crippen LogP) is 5.35. The van der Waals surface area contributed by atoms with E-state index in [9.17, 15) is 13.2 Å². The summed E-state index contributed by atoms with van der Waals surface area (Å²) < 4.78 is 30.7. The number of hydrogen-bond acceptors (Lipinski definition) is 4. The van der Waals surface area contributed by atoms with E-state index >= 15 is 0 Å². The van der Waals surface area contributed by atoms with Crippen molar-refractivity contribution in [2.24, 2.45) is 4.99 Å². The maximum absolute atomic E-state index is 13.1. The molecular formula is C27H27N3O3S2. The average Bonchev–Trinajstić information content (AvgIpc) is 3.03. The molecule has 1 aliphatic rings. The zero-order chi connectivity index (χ0) is 24.4. The van der Waals surface area contributed by atoms with Gasteiger partial charge in [0.25, 0.3) is 5.91 Å². The average molecular weight is 506 g/mol. The molecule has 4 aromatic rings. The van der Waals surface area contributed by atoms with E-state index in [1.165, 1.54) is 23.5 Å². The minimum Gasteiger partial charge on any atom is -0.312 e. The number of amides is 1. The molecule has 1 amide bonds. The van der Waals surface area contributed by atoms with Gasteiger partial charge in [-0.1, -0.05) is 60.6 Å². The highest BCUT2D eigenvalue weighted by Gasteiger charge is 2.25. The summed E-state index contributed by atoms with van der Waals surface area (Å²) in [5.41, 5.74) is 1.35. The first-order valence-electron chi connectivity index (χ1n) is 11.8. The third-order valence-corrected chi connectivity index (χ3v) is 9.43. The number of aromatic nitrogens is 1. The third-order valence-electron chi connectivity index (χ3n) is 6.39. The van der Waals surface area contributed by atoms with Crippen LogP contribution in [0.3, 0.4) is 0 Å². The van der Waals surface area contributed by atoms with Crippen LogP contribution in [0.2, 0.25) is 0 Å². The van der Waals surface area contributed by atoms with Gasteiger partial charge >= 0.3 is 0 Å². The molecule has 0 unspecified atom stereocenters. The highest BCUT2D eigenvalue weighted by atomic mass is 32.2. The van der Waals surface area contributed by atoms with Crippen molar-refractivity contribution in [3.63, 3.8) is 0 Å². The Morgan fingerprint density at radius 3 is 2.40 bits per heavy atom. The van der Waals surface area contributed by atoms with Crippen LogP contribution in [0, 0.1) is 0 Å². The lowest BCUT2D eigenvalue weighted by Gasteiger charge is -2.19. The Bertz CT molecular complexity index is 1570. The normalized spacial score (nSPS) is 15.9. The quantitative estimate of drug-likeness (QED) is 0.343. The van der Waals surface area contributed by atoms with Gasteiger partial charge in [-0.15, -0.1) is 6.58 Å². The molecule has 1 saturated heterocycles. The molecule has 180 valence electrons. The van der Waals surface area contributed by atoms with Gasteiger partial charge in [0.1, 0.15) is 0 Å². The van der Waals surface area contributed by atoms with Crippen molar-refractivity contribution in [2.45, 2.75) is 37.1 Å². The molecule has 0 radical (unpaired) electrons. The Morgan fingerprint density at radius 1 is 0.971 bits per heavy atom. The summed E-state index contributed by atoms with van der Waals surface area (Å²) in [5.74, 6) is -0.405. The largest absolute Gasteiger partial charge is 0.312 e. The Balaban J connectivity index is 1.50. The van der Waals surface area contributed by atoms with Gasteiger partial charge in [0.15, 0.2) is 4.80 Å². The number of rotatable bonds is 5. The van der Waals surface area contributed by atoms with Crippen molar-refractivity contribution in [1.82, 2.24) is 8.87 Å². The molecule has 0 saturated carbocycles. The molecule has 1 fully saturated rings. The van der Waals surface area contributed by atoms with Crippen LogP contribution >= 0.6 is 11.3 Å². The van der Waals surface area contributed by atoms with Gasteiger partial charge in [-0.2, -0.15) is 9.30 Å². The van der Waals surface area contributed by atoms with E-state index in [2.05, 4.69) is 29.8 Å². The van der Waals surface area contributed by atoms with Crippen LogP contribution in [0.25, 0.3) is 21.0 Å². The molecule has 3 aromatic carbocycles. The summed E-state index contributed by atoms with van der Waals surface area (Å²) in [6.07, 6.45) is 5.65. The van der Waals surface area contributed by atoms with E-state index in [-0.39, 0.29) is 4.90 Å². The maximum atomic E-state index is 13.1. The molecule has 35 heavy (non-hydrogen) atoms. The number of fused-ring (bicyclic) bond motifs is 3. The van der Waals surface area contributed by atoms with Crippen LogP contribution in [-0.4, -0.2) is 36.3 Å². The minimum absolute atomic E-state index is 0.214. The number of nitrogens with zero attached hydrogens (tertiary/aromatic N) is 3. The predicted molar refractivity (Wildman–Crippen MR) is 141 cm³/mol. The molecule has 0 atom stereocenters. The number of allylic oxidation sites excluding steroid dienone is 1. The van der Waals surface area contributed by atoms with Gasteiger partial charge < -0.3 is 4.57 Å². The highest BCUT2D eigenvalue weighted by Crippen LogP contribution is 2.28. The number of thiazole rings is 1. The molecule has 1 aromatic heterocycles. The van der Waals surface area contributed by atoms with Gasteiger partial charge in [-0.3, -0.25) is 4.79 Å². The molecule has 0 spiro atoms. The maximum Gasteiger partial charge on any atom is 0.279 e. The lowest BCUT2D eigenvalue weighted by Crippen LogP contribution is -2.31. The van der Waals surface area contributed by atoms with Crippen molar-refractivity contribution in [2.75, 3.05) is 13.1 Å². The molecule has 0 N–H and O–H groups in total. The SMILES string of the molecule is C=CCn1c(=NC(=O)c2ccc(S(=O)(=O)N3CCCCCC3)cc2)sc2c3ccccc3ccc21. The molecule has 0 bridgehead atoms. The lowest BCUT2D eigenvalue weighted by atomic mass is 10.1. The fourth-order valence-corrected chi connectivity index (χ4v) is 7.23. The molecule has 5 rings (SSSR count). The topological polar surface area (TPSA) is 71.7 Å². The van der Waals surface area contributed by atoms with Gasteiger partial charge in [0.05, 0.1) is 15.1 Å². The summed E-state index contributed by atoms with van der Waals surface area (Å²) in [6.45, 7) is 5.47. The number of benzene rings is 3. The first-order chi connectivity index (χ1) is 17.0. The van der Waals surface area contributed by atoms with E-state index in [4.69, 9.17) is 0 Å². The van der Waals surface area contributed by atoms with Crippen LogP contribution in [0.5, 0.6) is 0 Å². The molecule has 0 aliphatic carbocycles. The summed E-state index contributed by atoms with van der Waals surface area (Å²) in [7, 11) is -3.56. The second kappa shape index (κ2) is 9.89. The summed E-state index contributed by atoms with van der Waals surface area (Å²) in [6, 6.07) is 18.4. The first kappa shape index (κ1) is 23.7. The Hall–Kier alpha value is -3.07. The van der Waals surface area contributed by atoms with E-state index < -0.39 is 15.9 Å². The smallest absolute Gasteiger partial charge is 0.279 e. The molecule has 2 heterocycles. The molecule has 8 heteroatoms. The Labute approximate surface area is 208 Å². The van der Waals surface area contributed by atoms with Crippen molar-refractivity contribution in [1.29, 1.82) is 0 Å². The minimum atomic E-state index is -3.56. The molecule has 1 aliphatic heterocycles. The third kappa shape index (κ3) is 4.61. The van der Waals surface area contributed by atoms with Gasteiger partial charge in [-0.05, 0) is 48.6 Å². The van der Waals surface area contributed by atoms with E-state index in [0.717, 1.165) is 46.7 Å². The Kier molecular flexibility index (Phi) is 6.69. The van der Waals surface area contributed by atoms with Crippen LogP contribution in [0.1, 0.15) is 36.0 Å². The lowest BCUT2D eigenvalue weighted by molar-refractivity contribution is 0.0997. The van der Waals surface area contributed by atoms with Crippen molar-refractivity contribution >= 4 is 48.3 Å². The second-order valence-electron chi connectivity index (χ2n) is 8.68. The van der Waals surface area contributed by atoms with Crippen LogP contribution in [0.4, 0.5) is 0 Å². The van der Waals surface area contributed by atoms with Crippen LogP contribution < -0.4 is 4.80 Å². The summed E-state index contributed by atoms with van der Waals surface area (Å²) in [5, 5.41) is 2.25. The fraction of sp³-hybridized carbons (Fsp3) is 0.259. The van der Waals surface area contributed by atoms with E-state index in [1.54, 1.807) is 22.5 Å². The zero-order valence-electron chi connectivity index (χ0n) is 19.4. The van der Waals surface area contributed by atoms with Gasteiger partial charge in [-0.25, -0.2) is 8.42 Å². The van der Waals surface area contributed by atoms with Crippen LogP contribution in [0.15, 0.2) is 83.2 Å². The van der Waals surface area contributed by atoms with E-state index in [0.29, 0.717) is 30.0 Å². The number of carbonyl (C=O) groups excluding carboxylic acids is 1. The summed E-state index contributed by atoms with van der Waals surface area (Å²) in [4.78, 5) is 18.3. The summed E-state index contributed by atoms with van der Waals surface area (Å²) >= 11 is 1.47. The van der Waals surface area contributed by atoms with Crippen molar-refractivity contribution in [3.8, 4) is 0 Å². The Morgan fingerprint density at radius 2 is 1.69 bits per heavy atom. The van der Waals surface area contributed by atoms with Gasteiger partial charge in [0.2, 0.25) is 10.0 Å². The van der Waals surface area contributed by atoms with E-state index in [1.807, 2.05) is 22.8 Å². The fourth-order valence-electron chi connectivity index (χ4n) is 4.54. The molecular weight excluding hydrogens is 478 g/mol. The molecule has 6 nitrogen and oxygen atoms in total. The van der Waals surface area contributed by atoms with Crippen molar-refractivity contribution in [3.05, 3.63) is 83.7 Å². The second-order valence-corrected chi connectivity index (χ2v) is 11.6. The van der Waals surface area contributed by atoms with Crippen molar-refractivity contribution < 1.29 is 13.2 Å². The van der Waals surface area contributed by atoms with Crippen LogP contribution in [-0.2, 0) is 16.6 Å².